The second-order valence-corrected chi connectivity index (χ2v) is 14.4. The van der Waals surface area contributed by atoms with Crippen LogP contribution in [0.4, 0.5) is 22.7 Å². The molecule has 5 heteroatoms. The lowest BCUT2D eigenvalue weighted by molar-refractivity contribution is 0.483. The zero-order valence-corrected chi connectivity index (χ0v) is 31.0. The molecular formula is C52H36N4O. The molecule has 0 spiro atoms. The molecule has 270 valence electrons. The molecule has 0 amide bonds. The number of para-hydroxylation sites is 2. The van der Waals surface area contributed by atoms with Crippen LogP contribution in [0.3, 0.4) is 0 Å². The van der Waals surface area contributed by atoms with Crippen LogP contribution < -0.4 is 14.5 Å². The van der Waals surface area contributed by atoms with Crippen molar-refractivity contribution in [1.29, 1.82) is 0 Å². The Morgan fingerprint density at radius 3 is 1.88 bits per heavy atom. The number of hydrogen-bond donors (Lipinski definition) is 0. The fraction of sp³-hybridized carbons (Fsp3) is 0.0192. The van der Waals surface area contributed by atoms with Crippen molar-refractivity contribution < 1.29 is 4.74 Å². The van der Waals surface area contributed by atoms with Crippen molar-refractivity contribution in [3.05, 3.63) is 206 Å². The molecule has 10 aromatic rings. The highest BCUT2D eigenvalue weighted by molar-refractivity contribution is 6.10. The molecule has 0 unspecified atom stereocenters. The maximum absolute atomic E-state index is 6.72. The molecule has 3 heterocycles. The standard InChI is InChI=1S/C52H36N4O/c1-3-15-36(16-4-1)42-24-14-25-43(37-17-5-2-6-18-37)51(42)55-35-54(48-31-28-38-19-7-8-22-44(38)52(48)55)39-20-13-21-40(33-39)57-41-29-30-46-45-23-9-10-26-47(45)56(49(46)34-41)50-27-11-12-32-53-50/h1-34H,35H2. The SMILES string of the molecule is c1ccc(-c2cccc(-c3ccccc3)c2N2CN(c3cccc(Oc4ccc5c6ccccc6n(-c6ccccn6)c5c4)c3)c3ccc4ccccc4c32)cc1. The van der Waals surface area contributed by atoms with Crippen molar-refractivity contribution in [2.24, 2.45) is 0 Å². The predicted octanol–water partition coefficient (Wildman–Crippen LogP) is 13.7. The number of ether oxygens (including phenoxy) is 1. The van der Waals surface area contributed by atoms with Gasteiger partial charge in [0.15, 0.2) is 0 Å². The first-order valence-corrected chi connectivity index (χ1v) is 19.3. The molecule has 1 aliphatic heterocycles. The Morgan fingerprint density at radius 1 is 0.439 bits per heavy atom. The van der Waals surface area contributed by atoms with Gasteiger partial charge in [-0.3, -0.25) is 4.57 Å². The van der Waals surface area contributed by atoms with E-state index in [1.807, 2.05) is 30.5 Å². The first-order chi connectivity index (χ1) is 28.3. The second kappa shape index (κ2) is 13.6. The van der Waals surface area contributed by atoms with Gasteiger partial charge in [0.05, 0.1) is 28.1 Å². The topological polar surface area (TPSA) is 33.5 Å². The minimum Gasteiger partial charge on any atom is -0.457 e. The van der Waals surface area contributed by atoms with Crippen LogP contribution in [0, 0.1) is 0 Å². The molecule has 0 N–H and O–H groups in total. The fourth-order valence-electron chi connectivity index (χ4n) is 8.57. The Bertz CT molecular complexity index is 3030. The summed E-state index contributed by atoms with van der Waals surface area (Å²) in [6, 6.07) is 70.7. The van der Waals surface area contributed by atoms with Gasteiger partial charge in [-0.05, 0) is 65.0 Å². The van der Waals surface area contributed by atoms with Crippen molar-refractivity contribution in [1.82, 2.24) is 9.55 Å². The van der Waals surface area contributed by atoms with Crippen molar-refractivity contribution in [2.45, 2.75) is 0 Å². The van der Waals surface area contributed by atoms with Gasteiger partial charge >= 0.3 is 0 Å². The third kappa shape index (κ3) is 5.59. The number of fused-ring (bicyclic) bond motifs is 6. The summed E-state index contributed by atoms with van der Waals surface area (Å²) >= 11 is 0. The molecular weight excluding hydrogens is 697 g/mol. The number of nitrogens with zero attached hydrogens (tertiary/aromatic N) is 4. The van der Waals surface area contributed by atoms with E-state index >= 15 is 0 Å². The summed E-state index contributed by atoms with van der Waals surface area (Å²) in [5.41, 5.74) is 11.5. The van der Waals surface area contributed by atoms with E-state index in [-0.39, 0.29) is 0 Å². The van der Waals surface area contributed by atoms with E-state index in [9.17, 15) is 0 Å². The number of aromatic nitrogens is 2. The van der Waals surface area contributed by atoms with E-state index in [1.165, 1.54) is 49.8 Å². The van der Waals surface area contributed by atoms with Crippen LogP contribution in [0.25, 0.3) is 60.6 Å². The summed E-state index contributed by atoms with van der Waals surface area (Å²) in [6.07, 6.45) is 1.84. The highest BCUT2D eigenvalue weighted by Gasteiger charge is 2.33. The molecule has 8 aromatic carbocycles. The van der Waals surface area contributed by atoms with Crippen LogP contribution in [-0.4, -0.2) is 16.2 Å². The zero-order valence-electron chi connectivity index (χ0n) is 31.0. The number of benzene rings is 8. The molecule has 11 rings (SSSR count). The molecule has 0 fully saturated rings. The summed E-state index contributed by atoms with van der Waals surface area (Å²) < 4.78 is 8.94. The van der Waals surface area contributed by atoms with Gasteiger partial charge in [0.25, 0.3) is 0 Å². The maximum Gasteiger partial charge on any atom is 0.137 e. The van der Waals surface area contributed by atoms with Gasteiger partial charge in [0, 0.05) is 51.3 Å². The number of anilines is 4. The molecule has 0 radical (unpaired) electrons. The number of pyridine rings is 1. The largest absolute Gasteiger partial charge is 0.457 e. The van der Waals surface area contributed by atoms with Crippen LogP contribution in [-0.2, 0) is 0 Å². The Balaban J connectivity index is 1.03. The highest BCUT2D eigenvalue weighted by atomic mass is 16.5. The number of hydrogen-bond acceptors (Lipinski definition) is 4. The summed E-state index contributed by atoms with van der Waals surface area (Å²) in [7, 11) is 0. The van der Waals surface area contributed by atoms with Gasteiger partial charge in [-0.15, -0.1) is 0 Å². The first kappa shape index (κ1) is 32.8. The molecule has 0 saturated heterocycles. The van der Waals surface area contributed by atoms with E-state index in [0.29, 0.717) is 6.67 Å². The van der Waals surface area contributed by atoms with E-state index in [2.05, 4.69) is 190 Å². The quantitative estimate of drug-likeness (QED) is 0.163. The molecule has 0 aliphatic carbocycles. The van der Waals surface area contributed by atoms with E-state index < -0.39 is 0 Å². The molecule has 2 aromatic heterocycles. The van der Waals surface area contributed by atoms with Crippen molar-refractivity contribution in [3.8, 4) is 39.6 Å². The van der Waals surface area contributed by atoms with Crippen molar-refractivity contribution in [2.75, 3.05) is 16.5 Å². The van der Waals surface area contributed by atoms with E-state index in [0.717, 1.165) is 45.1 Å². The molecule has 57 heavy (non-hydrogen) atoms. The minimum atomic E-state index is 0.618. The molecule has 1 aliphatic rings. The Kier molecular flexibility index (Phi) is 7.81. The van der Waals surface area contributed by atoms with Crippen LogP contribution in [0.5, 0.6) is 11.5 Å². The second-order valence-electron chi connectivity index (χ2n) is 14.4. The normalized spacial score (nSPS) is 12.4. The van der Waals surface area contributed by atoms with Gasteiger partial charge < -0.3 is 14.5 Å². The minimum absolute atomic E-state index is 0.618. The van der Waals surface area contributed by atoms with Gasteiger partial charge in [-0.25, -0.2) is 4.98 Å². The lowest BCUT2D eigenvalue weighted by Crippen LogP contribution is -2.25. The van der Waals surface area contributed by atoms with Gasteiger partial charge in [0.1, 0.15) is 24.0 Å². The average molecular weight is 733 g/mol. The predicted molar refractivity (Wildman–Crippen MR) is 235 cm³/mol. The zero-order chi connectivity index (χ0) is 37.7. The molecule has 5 nitrogen and oxygen atoms in total. The lowest BCUT2D eigenvalue weighted by atomic mass is 9.94. The summed E-state index contributed by atoms with van der Waals surface area (Å²) in [4.78, 5) is 9.64. The van der Waals surface area contributed by atoms with Crippen LogP contribution in [0.15, 0.2) is 206 Å². The van der Waals surface area contributed by atoms with E-state index in [1.54, 1.807) is 0 Å². The van der Waals surface area contributed by atoms with Crippen LogP contribution in [0.2, 0.25) is 0 Å². The maximum atomic E-state index is 6.72. The monoisotopic (exact) mass is 732 g/mol. The Hall–Kier alpha value is -7.63. The van der Waals surface area contributed by atoms with Gasteiger partial charge in [-0.2, -0.15) is 0 Å². The van der Waals surface area contributed by atoms with Crippen LogP contribution >= 0.6 is 0 Å². The third-order valence-corrected chi connectivity index (χ3v) is 11.1. The lowest BCUT2D eigenvalue weighted by Gasteiger charge is -2.27. The summed E-state index contributed by atoms with van der Waals surface area (Å²) in [5, 5.41) is 4.75. The van der Waals surface area contributed by atoms with Crippen molar-refractivity contribution >= 4 is 55.3 Å². The first-order valence-electron chi connectivity index (χ1n) is 19.3. The Morgan fingerprint density at radius 2 is 1.11 bits per heavy atom. The average Bonchev–Trinajstić information content (AvgIpc) is 3.83. The summed E-state index contributed by atoms with van der Waals surface area (Å²) in [5.74, 6) is 2.40. The smallest absolute Gasteiger partial charge is 0.137 e. The molecule has 0 bridgehead atoms. The molecule has 0 atom stereocenters. The van der Waals surface area contributed by atoms with Crippen LogP contribution in [0.1, 0.15) is 0 Å². The number of rotatable bonds is 7. The molecule has 0 saturated carbocycles. The Labute approximate surface area is 330 Å². The fourth-order valence-corrected chi connectivity index (χ4v) is 8.57. The third-order valence-electron chi connectivity index (χ3n) is 11.1. The highest BCUT2D eigenvalue weighted by Crippen LogP contribution is 2.53. The van der Waals surface area contributed by atoms with Crippen molar-refractivity contribution in [3.63, 3.8) is 0 Å². The summed E-state index contributed by atoms with van der Waals surface area (Å²) in [6.45, 7) is 0.618. The van der Waals surface area contributed by atoms with Gasteiger partial charge in [0.2, 0.25) is 0 Å². The van der Waals surface area contributed by atoms with Gasteiger partial charge in [-0.1, -0.05) is 140 Å². The van der Waals surface area contributed by atoms with E-state index in [4.69, 9.17) is 9.72 Å².